The van der Waals surface area contributed by atoms with E-state index in [1.807, 2.05) is 0 Å². The lowest BCUT2D eigenvalue weighted by Gasteiger charge is -2.22. The Bertz CT molecular complexity index is 839. The summed E-state index contributed by atoms with van der Waals surface area (Å²) in [5.74, 6) is 14.9. The molecule has 0 amide bonds. The Morgan fingerprint density at radius 3 is 2.08 bits per heavy atom. The van der Waals surface area contributed by atoms with Crippen molar-refractivity contribution < 1.29 is 0 Å². The van der Waals surface area contributed by atoms with Crippen LogP contribution in [0.15, 0.2) is 42.5 Å². The third-order valence-corrected chi connectivity index (χ3v) is 5.06. The van der Waals surface area contributed by atoms with Crippen LogP contribution in [0.25, 0.3) is 0 Å². The summed E-state index contributed by atoms with van der Waals surface area (Å²) < 4.78 is 0. The van der Waals surface area contributed by atoms with Crippen molar-refractivity contribution in [1.29, 1.82) is 0 Å². The molecule has 3 rings (SSSR count). The molecule has 0 unspecified atom stereocenters. The second-order valence-electron chi connectivity index (χ2n) is 7.37. The lowest BCUT2D eigenvalue weighted by Crippen LogP contribution is -2.10. The second-order valence-corrected chi connectivity index (χ2v) is 7.37. The third-order valence-electron chi connectivity index (χ3n) is 5.06. The van der Waals surface area contributed by atoms with Gasteiger partial charge in [-0.2, -0.15) is 0 Å². The number of hydrogen-bond acceptors (Lipinski definition) is 0. The van der Waals surface area contributed by atoms with Gasteiger partial charge in [0, 0.05) is 22.6 Å². The van der Waals surface area contributed by atoms with Crippen molar-refractivity contribution in [2.45, 2.75) is 46.5 Å². The van der Waals surface area contributed by atoms with E-state index in [4.69, 9.17) is 0 Å². The van der Waals surface area contributed by atoms with E-state index >= 15 is 0 Å². The molecular weight excluding hydrogens is 300 g/mol. The van der Waals surface area contributed by atoms with Crippen molar-refractivity contribution in [3.8, 4) is 23.7 Å². The maximum atomic E-state index is 3.50. The lowest BCUT2D eigenvalue weighted by molar-refractivity contribution is 0.337. The van der Waals surface area contributed by atoms with Crippen LogP contribution in [0.3, 0.4) is 0 Å². The van der Waals surface area contributed by atoms with Crippen molar-refractivity contribution in [3.05, 3.63) is 70.3 Å². The molecule has 1 aliphatic rings. The fourth-order valence-corrected chi connectivity index (χ4v) is 3.25. The fraction of sp³-hybridized carbons (Fsp3) is 0.360. The highest BCUT2D eigenvalue weighted by Crippen LogP contribution is 2.27. The first-order valence-corrected chi connectivity index (χ1v) is 9.31. The number of rotatable bonds is 0. The maximum Gasteiger partial charge on any atom is 0.0275 e. The first-order valence-electron chi connectivity index (χ1n) is 9.31. The summed E-state index contributed by atoms with van der Waals surface area (Å²) in [7, 11) is 0. The standard InChI is InChI=1S/C25H26/c1-19-4-8-22(9-5-19)12-13-24-15-17-25(21(3)18-24)16-14-23-10-6-20(2)7-11-23/h4-5,8-9,15,17-18,20,23H,6-7,10-11H2,1-3H3. The van der Waals surface area contributed by atoms with Gasteiger partial charge in [0.2, 0.25) is 0 Å². The predicted molar refractivity (Wildman–Crippen MR) is 106 cm³/mol. The highest BCUT2D eigenvalue weighted by Gasteiger charge is 2.15. The van der Waals surface area contributed by atoms with Gasteiger partial charge in [0.25, 0.3) is 0 Å². The van der Waals surface area contributed by atoms with E-state index in [2.05, 4.69) is 86.9 Å². The van der Waals surface area contributed by atoms with Crippen LogP contribution in [0.4, 0.5) is 0 Å². The summed E-state index contributed by atoms with van der Waals surface area (Å²) >= 11 is 0. The van der Waals surface area contributed by atoms with Gasteiger partial charge in [-0.05, 0) is 81.3 Å². The topological polar surface area (TPSA) is 0 Å². The summed E-state index contributed by atoms with van der Waals surface area (Å²) in [4.78, 5) is 0. The van der Waals surface area contributed by atoms with E-state index in [9.17, 15) is 0 Å². The second kappa shape index (κ2) is 8.09. The SMILES string of the molecule is Cc1ccc(C#Cc2ccc(C#CC3CCC(C)CC3)c(C)c2)cc1. The molecule has 0 radical (unpaired) electrons. The number of hydrogen-bond donors (Lipinski definition) is 0. The highest BCUT2D eigenvalue weighted by atomic mass is 14.2. The molecule has 25 heavy (non-hydrogen) atoms. The van der Waals surface area contributed by atoms with E-state index < -0.39 is 0 Å². The Balaban J connectivity index is 1.70. The molecule has 0 N–H and O–H groups in total. The van der Waals surface area contributed by atoms with Gasteiger partial charge < -0.3 is 0 Å². The molecule has 0 bridgehead atoms. The van der Waals surface area contributed by atoms with Crippen molar-refractivity contribution in [3.63, 3.8) is 0 Å². The Hall–Kier alpha value is -2.44. The average molecular weight is 326 g/mol. The van der Waals surface area contributed by atoms with Crippen molar-refractivity contribution >= 4 is 0 Å². The van der Waals surface area contributed by atoms with Gasteiger partial charge in [0.05, 0.1) is 0 Å². The van der Waals surface area contributed by atoms with Gasteiger partial charge in [-0.1, -0.05) is 48.3 Å². The Morgan fingerprint density at radius 1 is 0.760 bits per heavy atom. The van der Waals surface area contributed by atoms with Gasteiger partial charge in [0.15, 0.2) is 0 Å². The molecule has 1 fully saturated rings. The summed E-state index contributed by atoms with van der Waals surface area (Å²) in [6.07, 6.45) is 5.17. The van der Waals surface area contributed by atoms with Crippen LogP contribution >= 0.6 is 0 Å². The van der Waals surface area contributed by atoms with Crippen LogP contribution in [0, 0.1) is 49.4 Å². The van der Waals surface area contributed by atoms with E-state index in [0.717, 1.165) is 22.6 Å². The molecule has 2 aromatic rings. The van der Waals surface area contributed by atoms with Gasteiger partial charge in [-0.15, -0.1) is 0 Å². The van der Waals surface area contributed by atoms with Crippen LogP contribution in [-0.4, -0.2) is 0 Å². The molecule has 0 nitrogen and oxygen atoms in total. The minimum Gasteiger partial charge on any atom is -0.0945 e. The molecule has 0 heteroatoms. The van der Waals surface area contributed by atoms with Crippen LogP contribution in [0.2, 0.25) is 0 Å². The quantitative estimate of drug-likeness (QED) is 0.530. The van der Waals surface area contributed by atoms with E-state index in [-0.39, 0.29) is 0 Å². The molecule has 1 aliphatic carbocycles. The Morgan fingerprint density at radius 2 is 1.40 bits per heavy atom. The van der Waals surface area contributed by atoms with Gasteiger partial charge >= 0.3 is 0 Å². The Kier molecular flexibility index (Phi) is 5.63. The van der Waals surface area contributed by atoms with Crippen LogP contribution in [0.5, 0.6) is 0 Å². The zero-order valence-electron chi connectivity index (χ0n) is 15.5. The molecule has 2 aromatic carbocycles. The van der Waals surface area contributed by atoms with E-state index in [0.29, 0.717) is 5.92 Å². The normalized spacial score (nSPS) is 19.3. The molecular formula is C25H26. The summed E-state index contributed by atoms with van der Waals surface area (Å²) in [6, 6.07) is 14.7. The van der Waals surface area contributed by atoms with E-state index in [1.165, 1.54) is 36.8 Å². The number of aryl methyl sites for hydroxylation is 2. The van der Waals surface area contributed by atoms with Crippen molar-refractivity contribution in [2.24, 2.45) is 11.8 Å². The predicted octanol–water partition coefficient (Wildman–Crippen LogP) is 5.88. The molecule has 0 atom stereocenters. The van der Waals surface area contributed by atoms with Crippen molar-refractivity contribution in [1.82, 2.24) is 0 Å². The Labute approximate surface area is 152 Å². The zero-order chi connectivity index (χ0) is 17.6. The molecule has 0 aromatic heterocycles. The highest BCUT2D eigenvalue weighted by molar-refractivity contribution is 5.49. The first-order chi connectivity index (χ1) is 12.1. The fourth-order valence-electron chi connectivity index (χ4n) is 3.25. The molecule has 0 spiro atoms. The monoisotopic (exact) mass is 326 g/mol. The van der Waals surface area contributed by atoms with Crippen LogP contribution in [0.1, 0.15) is 60.4 Å². The smallest absolute Gasteiger partial charge is 0.0275 e. The molecule has 1 saturated carbocycles. The van der Waals surface area contributed by atoms with Crippen LogP contribution in [-0.2, 0) is 0 Å². The summed E-state index contributed by atoms with van der Waals surface area (Å²) in [5.41, 5.74) is 5.72. The largest absolute Gasteiger partial charge is 0.0945 e. The van der Waals surface area contributed by atoms with Crippen molar-refractivity contribution in [2.75, 3.05) is 0 Å². The number of benzene rings is 2. The molecule has 0 heterocycles. The zero-order valence-corrected chi connectivity index (χ0v) is 15.5. The lowest BCUT2D eigenvalue weighted by atomic mass is 9.83. The minimum absolute atomic E-state index is 0.580. The van der Waals surface area contributed by atoms with E-state index in [1.54, 1.807) is 0 Å². The van der Waals surface area contributed by atoms with Gasteiger partial charge in [0.1, 0.15) is 0 Å². The van der Waals surface area contributed by atoms with Gasteiger partial charge in [-0.25, -0.2) is 0 Å². The summed E-state index contributed by atoms with van der Waals surface area (Å²) in [6.45, 7) is 6.57. The first kappa shape index (κ1) is 17.4. The average Bonchev–Trinajstić information content (AvgIpc) is 2.62. The molecule has 0 saturated heterocycles. The summed E-state index contributed by atoms with van der Waals surface area (Å²) in [5, 5.41) is 0. The minimum atomic E-state index is 0.580. The molecule has 0 aliphatic heterocycles. The third kappa shape index (κ3) is 5.01. The maximum absolute atomic E-state index is 3.50. The van der Waals surface area contributed by atoms with Crippen LogP contribution < -0.4 is 0 Å². The molecule has 126 valence electrons. The van der Waals surface area contributed by atoms with Gasteiger partial charge in [-0.3, -0.25) is 0 Å².